The Labute approximate surface area is 166 Å². The summed E-state index contributed by atoms with van der Waals surface area (Å²) in [6, 6.07) is 0. The van der Waals surface area contributed by atoms with Crippen molar-refractivity contribution in [1.82, 2.24) is 5.06 Å². The molecule has 1 saturated heterocycles. The molecule has 1 heterocycles. The van der Waals surface area contributed by atoms with E-state index in [0.29, 0.717) is 30.7 Å². The molecular formula is C14H16BI2NO6. The lowest BCUT2D eigenvalue weighted by Gasteiger charge is -2.22. The molecule has 0 radical (unpaired) electrons. The molecule has 2 atom stereocenters. The van der Waals surface area contributed by atoms with Gasteiger partial charge in [0.05, 0.1) is 5.92 Å². The van der Waals surface area contributed by atoms with Gasteiger partial charge in [-0.1, -0.05) is 6.08 Å². The molecule has 2 unspecified atom stereocenters. The average molecular weight is 559 g/mol. The number of rotatable bonds is 4. The highest BCUT2D eigenvalue weighted by molar-refractivity contribution is 14.3. The monoisotopic (exact) mass is 559 g/mol. The van der Waals surface area contributed by atoms with Crippen molar-refractivity contribution in [3.8, 4) is 0 Å². The van der Waals surface area contributed by atoms with E-state index in [0.717, 1.165) is 0 Å². The number of ether oxygens (including phenoxy) is 1. The molecule has 2 aliphatic rings. The van der Waals surface area contributed by atoms with E-state index in [9.17, 15) is 19.2 Å². The van der Waals surface area contributed by atoms with E-state index in [4.69, 9.17) is 9.57 Å². The molecule has 0 saturated carbocycles. The minimum atomic E-state index is -0.584. The Balaban J connectivity index is 1.91. The molecule has 0 aromatic carbocycles. The summed E-state index contributed by atoms with van der Waals surface area (Å²) in [7, 11) is 0. The van der Waals surface area contributed by atoms with Crippen molar-refractivity contribution >= 4 is 70.8 Å². The van der Waals surface area contributed by atoms with Gasteiger partial charge >= 0.3 is 8.39 Å². The van der Waals surface area contributed by atoms with Crippen molar-refractivity contribution in [2.75, 3.05) is 0 Å². The van der Waals surface area contributed by atoms with E-state index in [1.165, 1.54) is 0 Å². The summed E-state index contributed by atoms with van der Waals surface area (Å²) in [4.78, 5) is 52.0. The van der Waals surface area contributed by atoms with Gasteiger partial charge in [-0.2, -0.15) is 0 Å². The lowest BCUT2D eigenvalue weighted by atomic mass is 9.93. The molecule has 2 rings (SSSR count). The van der Waals surface area contributed by atoms with Gasteiger partial charge in [0, 0.05) is 12.8 Å². The summed E-state index contributed by atoms with van der Waals surface area (Å²) in [6.45, 7) is 0. The number of hydrogen-bond donors (Lipinski definition) is 0. The molecule has 1 aliphatic heterocycles. The predicted octanol–water partition coefficient (Wildman–Crippen LogP) is 2.79. The van der Waals surface area contributed by atoms with Gasteiger partial charge in [-0.3, -0.25) is 14.4 Å². The number of carbonyl (C=O) groups is 4. The SMILES string of the molecule is O=C(OC1/C=C/CCC(C(=O)ON2C(=O)CCC2=O)CC1)B(I)I. The van der Waals surface area contributed by atoms with E-state index in [2.05, 4.69) is 0 Å². The fourth-order valence-corrected chi connectivity index (χ4v) is 2.80. The molecule has 1 fully saturated rings. The highest BCUT2D eigenvalue weighted by atomic mass is 127. The maximum atomic E-state index is 12.2. The maximum Gasteiger partial charge on any atom is 0.416 e. The number of imide groups is 1. The molecule has 10 heteroatoms. The smallest absolute Gasteiger partial charge is 0.416 e. The topological polar surface area (TPSA) is 90.0 Å². The van der Waals surface area contributed by atoms with Crippen molar-refractivity contribution in [3.63, 3.8) is 0 Å². The number of nitrogens with zero attached hydrogens (tertiary/aromatic N) is 1. The van der Waals surface area contributed by atoms with Crippen LogP contribution in [0.1, 0.15) is 38.5 Å². The van der Waals surface area contributed by atoms with Crippen LogP contribution in [0.2, 0.25) is 0 Å². The zero-order valence-electron chi connectivity index (χ0n) is 12.8. The van der Waals surface area contributed by atoms with Crippen LogP contribution in [0.5, 0.6) is 0 Å². The Bertz CT molecular complexity index is 551. The van der Waals surface area contributed by atoms with Crippen LogP contribution in [0, 0.1) is 5.92 Å². The summed E-state index contributed by atoms with van der Waals surface area (Å²) in [5.74, 6) is -2.30. The third kappa shape index (κ3) is 5.43. The van der Waals surface area contributed by atoms with Crippen LogP contribution in [0.25, 0.3) is 0 Å². The standard InChI is InChI=1S/C14H16BI2NO6/c16-15(17)14(22)23-10-4-2-1-3-9(5-6-10)13(21)24-18-11(19)7-8-12(18)20/h2,4,9-10H,1,3,5-8H2/b4-2+. The molecular weight excluding hydrogens is 543 g/mol. The fourth-order valence-electron chi connectivity index (χ4n) is 2.51. The maximum absolute atomic E-state index is 12.2. The quantitative estimate of drug-likeness (QED) is 0.228. The summed E-state index contributed by atoms with van der Waals surface area (Å²) in [5, 5.41) is 0.575. The van der Waals surface area contributed by atoms with Crippen LogP contribution in [-0.4, -0.2) is 37.2 Å². The van der Waals surface area contributed by atoms with Crippen molar-refractivity contribution in [1.29, 1.82) is 0 Å². The highest BCUT2D eigenvalue weighted by Crippen LogP contribution is 2.24. The third-order valence-corrected chi connectivity index (χ3v) is 4.82. The predicted molar refractivity (Wildman–Crippen MR) is 102 cm³/mol. The molecule has 0 aromatic heterocycles. The summed E-state index contributed by atoms with van der Waals surface area (Å²) in [5.41, 5.74) is 0. The first-order chi connectivity index (χ1) is 11.4. The van der Waals surface area contributed by atoms with Crippen LogP contribution in [-0.2, 0) is 24.0 Å². The average Bonchev–Trinajstić information content (AvgIpc) is 2.81. The molecule has 7 nitrogen and oxygen atoms in total. The van der Waals surface area contributed by atoms with Gasteiger partial charge < -0.3 is 9.57 Å². The second-order valence-electron chi connectivity index (χ2n) is 5.55. The molecule has 0 N–H and O–H groups in total. The van der Waals surface area contributed by atoms with Gasteiger partial charge in [0.1, 0.15) is 6.10 Å². The van der Waals surface area contributed by atoms with Gasteiger partial charge in [-0.25, -0.2) is 4.79 Å². The molecule has 130 valence electrons. The molecule has 2 amide bonds. The zero-order chi connectivity index (χ0) is 17.7. The third-order valence-electron chi connectivity index (χ3n) is 3.80. The first-order valence-electron chi connectivity index (χ1n) is 7.61. The van der Waals surface area contributed by atoms with Crippen LogP contribution < -0.4 is 0 Å². The Morgan fingerprint density at radius 2 is 1.79 bits per heavy atom. The van der Waals surface area contributed by atoms with Crippen molar-refractivity contribution < 1.29 is 28.8 Å². The second-order valence-corrected chi connectivity index (χ2v) is 10.4. The molecule has 24 heavy (non-hydrogen) atoms. The summed E-state index contributed by atoms with van der Waals surface area (Å²) in [6.07, 6.45) is 5.63. The molecule has 0 bridgehead atoms. The van der Waals surface area contributed by atoms with Crippen LogP contribution in [0.4, 0.5) is 4.79 Å². The minimum absolute atomic E-state index is 0.0747. The van der Waals surface area contributed by atoms with E-state index >= 15 is 0 Å². The number of halogens is 2. The van der Waals surface area contributed by atoms with Crippen LogP contribution in [0.3, 0.4) is 0 Å². The first-order valence-corrected chi connectivity index (χ1v) is 10.1. The number of amides is 2. The zero-order valence-corrected chi connectivity index (χ0v) is 17.1. The van der Waals surface area contributed by atoms with E-state index in [1.54, 1.807) is 0 Å². The molecule has 0 spiro atoms. The number of hydroxylamine groups is 2. The van der Waals surface area contributed by atoms with Gasteiger partial charge in [-0.05, 0) is 31.8 Å². The van der Waals surface area contributed by atoms with Gasteiger partial charge in [0.15, 0.2) is 0 Å². The lowest BCUT2D eigenvalue weighted by molar-refractivity contribution is -0.201. The van der Waals surface area contributed by atoms with Crippen molar-refractivity contribution in [3.05, 3.63) is 12.2 Å². The lowest BCUT2D eigenvalue weighted by Crippen LogP contribution is -2.35. The molecule has 1 aliphatic carbocycles. The second kappa shape index (κ2) is 9.16. The Hall–Kier alpha value is -0.655. The van der Waals surface area contributed by atoms with Gasteiger partial charge in [0.2, 0.25) is 0 Å². The summed E-state index contributed by atoms with van der Waals surface area (Å²) < 4.78 is 5.10. The van der Waals surface area contributed by atoms with E-state index in [-0.39, 0.29) is 27.2 Å². The van der Waals surface area contributed by atoms with Crippen LogP contribution in [0.15, 0.2) is 12.2 Å². The number of carbonyl (C=O) groups excluding carboxylic acids is 4. The molecule has 0 aromatic rings. The Morgan fingerprint density at radius 1 is 1.12 bits per heavy atom. The van der Waals surface area contributed by atoms with Crippen LogP contribution >= 0.6 is 44.7 Å². The van der Waals surface area contributed by atoms with Gasteiger partial charge in [0.25, 0.3) is 17.7 Å². The normalized spacial score (nSPS) is 25.7. The van der Waals surface area contributed by atoms with Gasteiger partial charge in [-0.15, -0.1) is 49.8 Å². The first kappa shape index (κ1) is 19.7. The van der Waals surface area contributed by atoms with Crippen molar-refractivity contribution in [2.45, 2.75) is 44.6 Å². The number of allylic oxidation sites excluding steroid dienone is 1. The highest BCUT2D eigenvalue weighted by Gasteiger charge is 2.35. The number of hydrogen-bond acceptors (Lipinski definition) is 6. The van der Waals surface area contributed by atoms with Crippen molar-refractivity contribution in [2.24, 2.45) is 5.92 Å². The van der Waals surface area contributed by atoms with E-state index in [1.807, 2.05) is 56.9 Å². The van der Waals surface area contributed by atoms with E-state index < -0.39 is 23.7 Å². The minimum Gasteiger partial charge on any atom is -0.465 e. The largest absolute Gasteiger partial charge is 0.465 e. The Kier molecular flexibility index (Phi) is 7.50. The summed E-state index contributed by atoms with van der Waals surface area (Å²) >= 11 is 3.94. The Morgan fingerprint density at radius 3 is 2.42 bits per heavy atom. The fraction of sp³-hybridized carbons (Fsp3) is 0.571.